The summed E-state index contributed by atoms with van der Waals surface area (Å²) < 4.78 is 26.2. The minimum atomic E-state index is -2.69. The number of esters is 2. The van der Waals surface area contributed by atoms with Crippen molar-refractivity contribution in [2.75, 3.05) is 66.0 Å². The smallest absolute Gasteiger partial charge is 0.342 e. The summed E-state index contributed by atoms with van der Waals surface area (Å²) in [6.45, 7) is 7.60. The number of aliphatic hydroxyl groups is 2. The fourth-order valence-corrected chi connectivity index (χ4v) is 20.6. The van der Waals surface area contributed by atoms with Crippen molar-refractivity contribution >= 4 is 42.8 Å². The zero-order valence-electron chi connectivity index (χ0n) is 41.6. The van der Waals surface area contributed by atoms with Gasteiger partial charge in [0.15, 0.2) is 8.32 Å². The second-order valence-corrected chi connectivity index (χ2v) is 26.2. The minimum Gasteiger partial charge on any atom is -0.496 e. The molecule has 0 radical (unpaired) electrons. The Labute approximate surface area is 407 Å². The number of nitrogens with one attached hydrogen (secondary N) is 1. The SMILES string of the molecule is CC[C@]1(O)C[C@@H]2CN(CCc3c([nH]c4ccccc34)[C@@](C(=O)OC)(c3cc4c(cc3OC)N(C)C3[C@]45CCN4CC=C[C@@](CC)([C@@H](O[Si]6(CCCCC(=O)O)CCCCC6)[C@]3(O)C(=O)OC)[C@H]45)C2)C1. The highest BCUT2D eigenvalue weighted by Gasteiger charge is 2.80. The molecule has 2 aromatic carbocycles. The molecule has 7 heterocycles. The van der Waals surface area contributed by atoms with Crippen molar-refractivity contribution < 1.29 is 48.3 Å². The number of aromatic amines is 1. The van der Waals surface area contributed by atoms with Gasteiger partial charge in [-0.15, -0.1) is 0 Å². The predicted molar refractivity (Wildman–Crippen MR) is 265 cm³/mol. The molecule has 1 saturated carbocycles. The lowest BCUT2D eigenvalue weighted by atomic mass is 9.47. The lowest BCUT2D eigenvalue weighted by molar-refractivity contribution is -0.214. The summed E-state index contributed by atoms with van der Waals surface area (Å²) in [7, 11) is 3.74. The molecule has 10 rings (SSSR count). The van der Waals surface area contributed by atoms with Crippen LogP contribution in [0.3, 0.4) is 0 Å². The molecular formula is C54H74N4O10Si. The Bertz CT molecular complexity index is 2530. The number of carboxylic acids is 1. The summed E-state index contributed by atoms with van der Waals surface area (Å²) in [6, 6.07) is 13.9. The zero-order valence-corrected chi connectivity index (χ0v) is 42.6. The molecule has 2 unspecified atom stereocenters. The first kappa shape index (κ1) is 48.4. The average molecular weight is 967 g/mol. The van der Waals surface area contributed by atoms with Crippen LogP contribution in [0.25, 0.3) is 10.9 Å². The van der Waals surface area contributed by atoms with Crippen molar-refractivity contribution in [1.82, 2.24) is 14.8 Å². The van der Waals surface area contributed by atoms with Gasteiger partial charge < -0.3 is 43.8 Å². The number of aliphatic carboxylic acids is 1. The Morgan fingerprint density at radius 2 is 1.68 bits per heavy atom. The molecule has 7 aliphatic rings. The number of carboxylic acid groups (broad SMARTS) is 1. The van der Waals surface area contributed by atoms with Crippen LogP contribution in [0.15, 0.2) is 48.6 Å². The topological polar surface area (TPSA) is 174 Å². The van der Waals surface area contributed by atoms with E-state index < -0.39 is 65.8 Å². The molecule has 1 spiro atoms. The summed E-state index contributed by atoms with van der Waals surface area (Å²) in [4.78, 5) is 53.2. The Hall–Kier alpha value is -4.25. The Morgan fingerprint density at radius 3 is 2.39 bits per heavy atom. The van der Waals surface area contributed by atoms with Gasteiger partial charge in [0.05, 0.1) is 39.1 Å². The Kier molecular flexibility index (Phi) is 12.5. The fourth-order valence-electron chi connectivity index (χ4n) is 15.9. The molecule has 14 nitrogen and oxygen atoms in total. The van der Waals surface area contributed by atoms with Gasteiger partial charge >= 0.3 is 17.9 Å². The van der Waals surface area contributed by atoms with Crippen LogP contribution in [0.4, 0.5) is 5.69 Å². The monoisotopic (exact) mass is 967 g/mol. The fraction of sp³-hybridized carbons (Fsp3) is 0.648. The number of H-pyrrole nitrogens is 1. The van der Waals surface area contributed by atoms with E-state index >= 15 is 9.59 Å². The number of carbonyl (C=O) groups excluding carboxylic acids is 2. The van der Waals surface area contributed by atoms with E-state index in [1.165, 1.54) is 14.2 Å². The summed E-state index contributed by atoms with van der Waals surface area (Å²) >= 11 is 0. The standard InChI is InChI=1S/C54H74N4O10Si/c1-7-50(63)31-35-32-53(48(61)66-5,44-37(20-24-57(33-35)34-50)36-17-10-11-18-40(36)55-44)39-29-38-41(30-42(39)65-4)56(3)46-52(38)22-25-58-23-16-21-51(8-2,45(52)58)47(54(46,64)49(62)67-6)68-69(26-13-9-14-27-69)28-15-12-19-43(59)60/h10-11,16-18,21,29-30,35,45-47,55,63-64H,7-9,12-15,19-20,22-28,31-34H2,1-6H3,(H,59,60)/t35-,45-,46?,47+,50-,51+,52+,53-,54-/m0/s1. The number of carbonyl (C=O) groups is 3. The number of ether oxygens (including phenoxy) is 3. The second kappa shape index (κ2) is 17.8. The summed E-state index contributed by atoms with van der Waals surface area (Å²) in [6.07, 6.45) is 11.2. The van der Waals surface area contributed by atoms with E-state index in [0.29, 0.717) is 95.4 Å². The van der Waals surface area contributed by atoms with Crippen LogP contribution in [-0.2, 0) is 45.5 Å². The van der Waals surface area contributed by atoms with Gasteiger partial charge in [0, 0.05) is 90.4 Å². The molecule has 69 heavy (non-hydrogen) atoms. The van der Waals surface area contributed by atoms with Gasteiger partial charge in [-0.2, -0.15) is 0 Å². The van der Waals surface area contributed by atoms with E-state index in [-0.39, 0.29) is 18.4 Å². The maximum absolute atomic E-state index is 15.6. The molecule has 374 valence electrons. The highest BCUT2D eigenvalue weighted by atomic mass is 28.4. The first-order valence-electron chi connectivity index (χ1n) is 25.9. The maximum atomic E-state index is 15.6. The summed E-state index contributed by atoms with van der Waals surface area (Å²) in [5, 5.41) is 36.9. The Balaban J connectivity index is 1.21. The molecule has 6 aliphatic heterocycles. The molecule has 4 N–H and O–H groups in total. The van der Waals surface area contributed by atoms with E-state index in [1.54, 1.807) is 7.11 Å². The maximum Gasteiger partial charge on any atom is 0.342 e. The number of likely N-dealkylation sites (N-methyl/N-ethyl adjacent to an activating group) is 1. The van der Waals surface area contributed by atoms with Crippen molar-refractivity contribution in [3.63, 3.8) is 0 Å². The number of aromatic nitrogens is 1. The molecule has 0 amide bonds. The first-order valence-corrected chi connectivity index (χ1v) is 28.4. The number of unbranched alkanes of at least 4 members (excludes halogenated alkanes) is 1. The molecular weight excluding hydrogens is 893 g/mol. The largest absolute Gasteiger partial charge is 0.496 e. The molecule has 3 saturated heterocycles. The van der Waals surface area contributed by atoms with Crippen LogP contribution in [0.5, 0.6) is 5.75 Å². The highest BCUT2D eigenvalue weighted by Crippen LogP contribution is 2.69. The number of anilines is 1. The van der Waals surface area contributed by atoms with Gasteiger partial charge in [-0.3, -0.25) is 19.4 Å². The van der Waals surface area contributed by atoms with E-state index in [1.807, 2.05) is 32.2 Å². The highest BCUT2D eigenvalue weighted by molar-refractivity contribution is 6.74. The van der Waals surface area contributed by atoms with E-state index in [9.17, 15) is 20.1 Å². The van der Waals surface area contributed by atoms with Gasteiger partial charge in [0.2, 0.25) is 5.60 Å². The molecule has 3 aromatic rings. The van der Waals surface area contributed by atoms with Crippen molar-refractivity contribution in [3.05, 3.63) is 70.9 Å². The number of methoxy groups -OCH3 is 3. The number of nitrogens with zero attached hydrogens (tertiary/aromatic N) is 3. The number of hydrogen-bond acceptors (Lipinski definition) is 12. The van der Waals surface area contributed by atoms with Crippen molar-refractivity contribution in [2.45, 2.75) is 149 Å². The van der Waals surface area contributed by atoms with Gasteiger partial charge in [0.25, 0.3) is 0 Å². The lowest BCUT2D eigenvalue weighted by Crippen LogP contribution is -2.82. The normalized spacial score (nSPS) is 35.5. The van der Waals surface area contributed by atoms with Crippen LogP contribution < -0.4 is 9.64 Å². The first-order chi connectivity index (χ1) is 33.1. The van der Waals surface area contributed by atoms with Crippen LogP contribution in [0, 0.1) is 11.3 Å². The van der Waals surface area contributed by atoms with Crippen LogP contribution in [-0.4, -0.2) is 147 Å². The lowest BCUT2D eigenvalue weighted by Gasteiger charge is -2.65. The minimum absolute atomic E-state index is 0.0939. The zero-order chi connectivity index (χ0) is 48.7. The summed E-state index contributed by atoms with van der Waals surface area (Å²) in [5.41, 5.74) is -1.05. The molecule has 1 aromatic heterocycles. The van der Waals surface area contributed by atoms with E-state index in [4.69, 9.17) is 18.6 Å². The Morgan fingerprint density at radius 1 is 0.913 bits per heavy atom. The number of benzene rings is 2. The third-order valence-corrected chi connectivity index (χ3v) is 23.3. The van der Waals surface area contributed by atoms with Gasteiger partial charge in [-0.1, -0.05) is 69.9 Å². The predicted octanol–water partition coefficient (Wildman–Crippen LogP) is 6.83. The summed E-state index contributed by atoms with van der Waals surface area (Å²) in [5.74, 6) is -1.56. The molecule has 15 heteroatoms. The number of rotatable bonds is 13. The number of fused-ring (bicyclic) bond motifs is 6. The van der Waals surface area contributed by atoms with Crippen molar-refractivity contribution in [1.29, 1.82) is 0 Å². The van der Waals surface area contributed by atoms with Crippen molar-refractivity contribution in [3.8, 4) is 5.75 Å². The third kappa shape index (κ3) is 7.12. The van der Waals surface area contributed by atoms with E-state index in [2.05, 4.69) is 57.0 Å². The van der Waals surface area contributed by atoms with E-state index in [0.717, 1.165) is 70.8 Å². The number of piperidine rings is 1. The van der Waals surface area contributed by atoms with Crippen LogP contribution in [0.2, 0.25) is 18.1 Å². The molecule has 1 aliphatic carbocycles. The van der Waals surface area contributed by atoms with Crippen LogP contribution in [0.1, 0.15) is 107 Å². The molecule has 10 atom stereocenters. The van der Waals surface area contributed by atoms with Gasteiger partial charge in [0.1, 0.15) is 11.2 Å². The second-order valence-electron chi connectivity index (χ2n) is 22.1. The number of hydrogen-bond donors (Lipinski definition) is 4. The van der Waals surface area contributed by atoms with Crippen molar-refractivity contribution in [2.24, 2.45) is 11.3 Å². The average Bonchev–Trinajstić information content (AvgIpc) is 4.02. The van der Waals surface area contributed by atoms with Crippen LogP contribution >= 0.6 is 0 Å². The third-order valence-electron chi connectivity index (χ3n) is 18.7. The number of para-hydroxylation sites is 1. The quantitative estimate of drug-likeness (QED) is 0.0609. The van der Waals surface area contributed by atoms with Gasteiger partial charge in [-0.25, -0.2) is 4.79 Å². The van der Waals surface area contributed by atoms with Gasteiger partial charge in [-0.05, 0) is 98.8 Å². The molecule has 2 bridgehead atoms. The molecule has 4 fully saturated rings.